The Labute approximate surface area is 117 Å². The molecule has 1 aromatic heterocycles. The molecule has 0 aliphatic carbocycles. The van der Waals surface area contributed by atoms with Crippen molar-refractivity contribution in [1.29, 1.82) is 0 Å². The van der Waals surface area contributed by atoms with Gasteiger partial charge in [0.2, 0.25) is 0 Å². The molecule has 0 atom stereocenters. The fourth-order valence-corrected chi connectivity index (χ4v) is 1.51. The van der Waals surface area contributed by atoms with Gasteiger partial charge in [0, 0.05) is 12.2 Å². The van der Waals surface area contributed by atoms with Crippen LogP contribution in [0.1, 0.15) is 23.8 Å². The predicted octanol–water partition coefficient (Wildman–Crippen LogP) is 1.86. The van der Waals surface area contributed by atoms with Gasteiger partial charge in [-0.25, -0.2) is 15.4 Å². The van der Waals surface area contributed by atoms with Gasteiger partial charge in [0.25, 0.3) is 5.91 Å². The van der Waals surface area contributed by atoms with E-state index in [0.29, 0.717) is 12.4 Å². The van der Waals surface area contributed by atoms with Crippen molar-refractivity contribution in [2.24, 2.45) is 0 Å². The Morgan fingerprint density at radius 2 is 1.95 bits per heavy atom. The summed E-state index contributed by atoms with van der Waals surface area (Å²) in [6.45, 7) is 2.73. The molecule has 0 spiro atoms. The molecule has 0 unspecified atom stereocenters. The number of nitrogens with one attached hydrogen (secondary N) is 3. The number of rotatable bonds is 6. The van der Waals surface area contributed by atoms with E-state index in [9.17, 15) is 4.79 Å². The van der Waals surface area contributed by atoms with Crippen LogP contribution in [0, 0.1) is 0 Å². The highest BCUT2D eigenvalue weighted by Crippen LogP contribution is 2.12. The van der Waals surface area contributed by atoms with Crippen molar-refractivity contribution in [1.82, 2.24) is 20.8 Å². The van der Waals surface area contributed by atoms with Gasteiger partial charge < -0.3 is 5.32 Å². The second kappa shape index (κ2) is 7.20. The molecule has 1 aromatic carbocycles. The van der Waals surface area contributed by atoms with E-state index in [1.807, 2.05) is 37.3 Å². The zero-order valence-corrected chi connectivity index (χ0v) is 11.3. The highest BCUT2D eigenvalue weighted by atomic mass is 16.2. The molecule has 20 heavy (non-hydrogen) atoms. The molecule has 0 saturated carbocycles. The number of benzene rings is 1. The third kappa shape index (κ3) is 4.03. The smallest absolute Gasteiger partial charge is 0.285 e. The number of anilines is 2. The van der Waals surface area contributed by atoms with E-state index in [0.717, 1.165) is 12.1 Å². The topological polar surface area (TPSA) is 78.9 Å². The number of carbonyl (C=O) groups is 1. The average Bonchev–Trinajstić information content (AvgIpc) is 2.49. The molecular weight excluding hydrogens is 254 g/mol. The molecule has 1 amide bonds. The number of para-hydroxylation sites is 1. The van der Waals surface area contributed by atoms with Gasteiger partial charge in [-0.05, 0) is 18.6 Å². The number of hydrazine groups is 1. The largest absolute Gasteiger partial charge is 0.339 e. The third-order valence-corrected chi connectivity index (χ3v) is 2.51. The number of amides is 1. The highest BCUT2D eigenvalue weighted by molar-refractivity contribution is 5.91. The van der Waals surface area contributed by atoms with Gasteiger partial charge in [-0.3, -0.25) is 10.2 Å². The number of carbonyl (C=O) groups excluding carboxylic acids is 1. The summed E-state index contributed by atoms with van der Waals surface area (Å²) in [5, 5.41) is 3.10. The van der Waals surface area contributed by atoms with E-state index in [2.05, 4.69) is 26.1 Å². The van der Waals surface area contributed by atoms with E-state index in [1.165, 1.54) is 12.4 Å². The molecule has 0 aliphatic heterocycles. The zero-order valence-electron chi connectivity index (χ0n) is 11.3. The van der Waals surface area contributed by atoms with Crippen LogP contribution in [0.4, 0.5) is 11.5 Å². The lowest BCUT2D eigenvalue weighted by Crippen LogP contribution is -2.38. The van der Waals surface area contributed by atoms with Gasteiger partial charge in [0.15, 0.2) is 0 Å². The Morgan fingerprint density at radius 1 is 1.15 bits per heavy atom. The van der Waals surface area contributed by atoms with Crippen LogP contribution in [0.25, 0.3) is 0 Å². The minimum Gasteiger partial charge on any atom is -0.339 e. The summed E-state index contributed by atoms with van der Waals surface area (Å²) in [4.78, 5) is 19.9. The number of aromatic nitrogens is 2. The quantitative estimate of drug-likeness (QED) is 0.552. The molecule has 0 aliphatic rings. The van der Waals surface area contributed by atoms with Gasteiger partial charge in [0.1, 0.15) is 11.5 Å². The lowest BCUT2D eigenvalue weighted by Gasteiger charge is -2.07. The second-order valence-corrected chi connectivity index (χ2v) is 4.16. The van der Waals surface area contributed by atoms with Crippen LogP contribution in [0.15, 0.2) is 42.7 Å². The summed E-state index contributed by atoms with van der Waals surface area (Å²) in [6.07, 6.45) is 3.90. The summed E-state index contributed by atoms with van der Waals surface area (Å²) < 4.78 is 0. The van der Waals surface area contributed by atoms with Gasteiger partial charge in [0.05, 0.1) is 12.4 Å². The molecule has 0 bridgehead atoms. The number of hydrogen-bond donors (Lipinski definition) is 3. The Balaban J connectivity index is 1.94. The fourth-order valence-electron chi connectivity index (χ4n) is 1.51. The first-order chi connectivity index (χ1) is 9.79. The maximum Gasteiger partial charge on any atom is 0.285 e. The van der Waals surface area contributed by atoms with E-state index in [1.54, 1.807) is 0 Å². The van der Waals surface area contributed by atoms with Crippen molar-refractivity contribution in [2.45, 2.75) is 13.3 Å². The van der Waals surface area contributed by atoms with Crippen LogP contribution in [0.5, 0.6) is 0 Å². The van der Waals surface area contributed by atoms with Crippen LogP contribution >= 0.6 is 0 Å². The molecular formula is C14H17N5O. The van der Waals surface area contributed by atoms with Crippen molar-refractivity contribution < 1.29 is 4.79 Å². The first kappa shape index (κ1) is 14.0. The van der Waals surface area contributed by atoms with Crippen LogP contribution in [0.2, 0.25) is 0 Å². The summed E-state index contributed by atoms with van der Waals surface area (Å²) >= 11 is 0. The van der Waals surface area contributed by atoms with Crippen molar-refractivity contribution in [3.63, 3.8) is 0 Å². The second-order valence-electron chi connectivity index (χ2n) is 4.16. The first-order valence-corrected chi connectivity index (χ1v) is 6.47. The van der Waals surface area contributed by atoms with Crippen LogP contribution in [-0.2, 0) is 0 Å². The van der Waals surface area contributed by atoms with Crippen molar-refractivity contribution >= 4 is 17.4 Å². The lowest BCUT2D eigenvalue weighted by molar-refractivity contribution is 0.0928. The molecule has 104 valence electrons. The minimum absolute atomic E-state index is 0.271. The normalized spacial score (nSPS) is 10.1. The molecule has 3 N–H and O–H groups in total. The molecule has 2 aromatic rings. The first-order valence-electron chi connectivity index (χ1n) is 6.47. The molecule has 0 saturated heterocycles. The Kier molecular flexibility index (Phi) is 5.02. The van der Waals surface area contributed by atoms with Gasteiger partial charge in [-0.15, -0.1) is 0 Å². The summed E-state index contributed by atoms with van der Waals surface area (Å²) in [5.41, 5.74) is 6.55. The minimum atomic E-state index is -0.294. The standard InChI is InChI=1S/C14H17N5O/c1-2-8-17-19-14(20)12-9-16-13(10-15-12)18-11-6-4-3-5-7-11/h3-7,9-10,17H,2,8H2,1H3,(H,16,18)(H,19,20). The molecule has 6 heteroatoms. The highest BCUT2D eigenvalue weighted by Gasteiger charge is 2.06. The molecule has 2 rings (SSSR count). The predicted molar refractivity (Wildman–Crippen MR) is 77.5 cm³/mol. The zero-order chi connectivity index (χ0) is 14.2. The fraction of sp³-hybridized carbons (Fsp3) is 0.214. The summed E-state index contributed by atoms with van der Waals surface area (Å²) in [7, 11) is 0. The van der Waals surface area contributed by atoms with Crippen molar-refractivity contribution in [3.8, 4) is 0 Å². The van der Waals surface area contributed by atoms with Crippen molar-refractivity contribution in [3.05, 3.63) is 48.4 Å². The molecule has 0 radical (unpaired) electrons. The maximum absolute atomic E-state index is 11.7. The van der Waals surface area contributed by atoms with Gasteiger partial charge >= 0.3 is 0 Å². The average molecular weight is 271 g/mol. The summed E-state index contributed by atoms with van der Waals surface area (Å²) in [5.74, 6) is 0.298. The van der Waals surface area contributed by atoms with Crippen LogP contribution < -0.4 is 16.2 Å². The molecule has 1 heterocycles. The monoisotopic (exact) mass is 271 g/mol. The van der Waals surface area contributed by atoms with E-state index < -0.39 is 0 Å². The Hall–Kier alpha value is -2.47. The number of nitrogens with zero attached hydrogens (tertiary/aromatic N) is 2. The third-order valence-electron chi connectivity index (χ3n) is 2.51. The molecule has 6 nitrogen and oxygen atoms in total. The van der Waals surface area contributed by atoms with Gasteiger partial charge in [-0.1, -0.05) is 25.1 Å². The van der Waals surface area contributed by atoms with Gasteiger partial charge in [-0.2, -0.15) is 0 Å². The summed E-state index contributed by atoms with van der Waals surface area (Å²) in [6, 6.07) is 9.65. The Bertz CT molecular complexity index is 541. The van der Waals surface area contributed by atoms with Crippen LogP contribution in [0.3, 0.4) is 0 Å². The number of hydrogen-bond acceptors (Lipinski definition) is 5. The SMILES string of the molecule is CCCNNC(=O)c1cnc(Nc2ccccc2)cn1. The van der Waals surface area contributed by atoms with Crippen molar-refractivity contribution in [2.75, 3.05) is 11.9 Å². The van der Waals surface area contributed by atoms with E-state index >= 15 is 0 Å². The van der Waals surface area contributed by atoms with E-state index in [-0.39, 0.29) is 11.6 Å². The lowest BCUT2D eigenvalue weighted by atomic mass is 10.3. The van der Waals surface area contributed by atoms with E-state index in [4.69, 9.17) is 0 Å². The van der Waals surface area contributed by atoms with Crippen LogP contribution in [-0.4, -0.2) is 22.4 Å². The maximum atomic E-state index is 11.7. The molecule has 0 fully saturated rings. The Morgan fingerprint density at radius 3 is 2.60 bits per heavy atom.